The minimum absolute atomic E-state index is 0.0955. The molecule has 0 radical (unpaired) electrons. The third-order valence-corrected chi connectivity index (χ3v) is 5.54. The van der Waals surface area contributed by atoms with Crippen molar-refractivity contribution in [2.45, 2.75) is 44.5 Å². The second-order valence-corrected chi connectivity index (χ2v) is 7.91. The summed E-state index contributed by atoms with van der Waals surface area (Å²) in [6, 6.07) is 10.1. The highest BCUT2D eigenvalue weighted by Crippen LogP contribution is 2.55. The average Bonchev–Trinajstić information content (AvgIpc) is 3.36. The summed E-state index contributed by atoms with van der Waals surface area (Å²) in [5, 5.41) is 0. The quantitative estimate of drug-likeness (QED) is 0.700. The zero-order valence-electron chi connectivity index (χ0n) is 16.8. The van der Waals surface area contributed by atoms with Gasteiger partial charge >= 0.3 is 0 Å². The lowest BCUT2D eigenvalue weighted by Gasteiger charge is -2.28. The van der Waals surface area contributed by atoms with Crippen LogP contribution in [0.4, 0.5) is 0 Å². The molecule has 1 aromatic carbocycles. The molecule has 1 atom stereocenters. The highest BCUT2D eigenvalue weighted by molar-refractivity contribution is 6.11. The van der Waals surface area contributed by atoms with Crippen molar-refractivity contribution < 1.29 is 23.7 Å². The van der Waals surface area contributed by atoms with E-state index in [1.807, 2.05) is 44.2 Å². The predicted molar refractivity (Wildman–Crippen MR) is 104 cm³/mol. The largest absolute Gasteiger partial charge is 0.494 e. The number of hydrogen-bond acceptors (Lipinski definition) is 5. The number of hydrogen-bond donors (Lipinski definition) is 0. The number of ketones is 1. The molecule has 28 heavy (non-hydrogen) atoms. The van der Waals surface area contributed by atoms with Crippen molar-refractivity contribution >= 4 is 5.78 Å². The standard InChI is InChI=1S/C23H26O5/c1-22(2,27-13-15-8-6-5-7-9-15)12-16-10-11-17-18(16)23(14-28-23)21(26-4)20(25-3)19(17)24/h5-9,12H,10-11,13-14H2,1-4H3/b16-12+. The van der Waals surface area contributed by atoms with Crippen LogP contribution < -0.4 is 0 Å². The number of carbonyl (C=O) groups is 1. The van der Waals surface area contributed by atoms with E-state index in [0.717, 1.165) is 28.7 Å². The van der Waals surface area contributed by atoms with E-state index >= 15 is 0 Å². The number of epoxide rings is 1. The van der Waals surface area contributed by atoms with Crippen molar-refractivity contribution in [1.29, 1.82) is 0 Å². The average molecular weight is 382 g/mol. The molecule has 5 heteroatoms. The van der Waals surface area contributed by atoms with Gasteiger partial charge in [0.1, 0.15) is 0 Å². The summed E-state index contributed by atoms with van der Waals surface area (Å²) in [5.74, 6) is 0.649. The summed E-state index contributed by atoms with van der Waals surface area (Å²) in [6.07, 6.45) is 3.59. The third kappa shape index (κ3) is 3.09. The normalized spacial score (nSPS) is 25.6. The first-order valence-electron chi connectivity index (χ1n) is 9.57. The van der Waals surface area contributed by atoms with E-state index in [9.17, 15) is 4.79 Å². The van der Waals surface area contributed by atoms with E-state index in [1.165, 1.54) is 7.11 Å². The van der Waals surface area contributed by atoms with Crippen molar-refractivity contribution in [2.24, 2.45) is 0 Å². The summed E-state index contributed by atoms with van der Waals surface area (Å²) in [4.78, 5) is 12.9. The van der Waals surface area contributed by atoms with Gasteiger partial charge in [-0.1, -0.05) is 30.3 Å². The summed E-state index contributed by atoms with van der Waals surface area (Å²) >= 11 is 0. The Hall–Kier alpha value is -2.37. The fourth-order valence-corrected chi connectivity index (χ4v) is 4.21. The van der Waals surface area contributed by atoms with Crippen LogP contribution in [0.15, 0.2) is 64.6 Å². The molecule has 1 unspecified atom stereocenters. The van der Waals surface area contributed by atoms with Crippen molar-refractivity contribution in [3.63, 3.8) is 0 Å². The highest BCUT2D eigenvalue weighted by atomic mass is 16.6. The van der Waals surface area contributed by atoms with Crippen LogP contribution in [0.5, 0.6) is 0 Å². The maximum absolute atomic E-state index is 12.9. The molecule has 0 amide bonds. The van der Waals surface area contributed by atoms with Crippen LogP contribution in [-0.2, 0) is 30.3 Å². The van der Waals surface area contributed by atoms with Crippen LogP contribution in [0.25, 0.3) is 0 Å². The minimum Gasteiger partial charge on any atom is -0.494 e. The number of benzene rings is 1. The fraction of sp³-hybridized carbons (Fsp3) is 0.435. The lowest BCUT2D eigenvalue weighted by molar-refractivity contribution is -0.116. The SMILES string of the molecule is COC1=C(OC)C2(CO2)C2=C(CC/C2=C\C(C)(C)OCc2ccccc2)C1=O. The molecule has 0 N–H and O–H groups in total. The van der Waals surface area contributed by atoms with Crippen molar-refractivity contribution in [3.05, 3.63) is 70.2 Å². The molecule has 5 nitrogen and oxygen atoms in total. The molecule has 3 aliphatic rings. The Balaban J connectivity index is 1.62. The van der Waals surface area contributed by atoms with Crippen LogP contribution in [0.3, 0.4) is 0 Å². The van der Waals surface area contributed by atoms with E-state index in [0.29, 0.717) is 25.4 Å². The van der Waals surface area contributed by atoms with Gasteiger partial charge in [-0.05, 0) is 43.9 Å². The molecule has 0 saturated carbocycles. The van der Waals surface area contributed by atoms with E-state index < -0.39 is 11.2 Å². The number of Topliss-reactive ketones (excluding diaryl/α,β-unsaturated/α-hetero) is 1. The van der Waals surface area contributed by atoms with E-state index in [4.69, 9.17) is 18.9 Å². The molecule has 1 aliphatic heterocycles. The van der Waals surface area contributed by atoms with Gasteiger partial charge in [0.15, 0.2) is 11.4 Å². The lowest BCUT2D eigenvalue weighted by Crippen LogP contribution is -2.31. The minimum atomic E-state index is -0.679. The third-order valence-electron chi connectivity index (χ3n) is 5.54. The van der Waals surface area contributed by atoms with E-state index in [-0.39, 0.29) is 11.5 Å². The van der Waals surface area contributed by atoms with Crippen molar-refractivity contribution in [2.75, 3.05) is 20.8 Å². The number of carbonyl (C=O) groups excluding carboxylic acids is 1. The monoisotopic (exact) mass is 382 g/mol. The van der Waals surface area contributed by atoms with Crippen LogP contribution in [0.2, 0.25) is 0 Å². The Bertz CT molecular complexity index is 885. The Morgan fingerprint density at radius 1 is 1.14 bits per heavy atom. The molecule has 2 aliphatic carbocycles. The van der Waals surface area contributed by atoms with Gasteiger partial charge in [-0.25, -0.2) is 0 Å². The van der Waals surface area contributed by atoms with Crippen molar-refractivity contribution in [1.82, 2.24) is 0 Å². The maximum Gasteiger partial charge on any atom is 0.227 e. The number of fused-ring (bicyclic) bond motifs is 1. The van der Waals surface area contributed by atoms with Gasteiger partial charge in [0, 0.05) is 11.1 Å². The van der Waals surface area contributed by atoms with Gasteiger partial charge in [0.2, 0.25) is 11.5 Å². The number of ether oxygens (including phenoxy) is 4. The van der Waals surface area contributed by atoms with Gasteiger partial charge in [0.25, 0.3) is 0 Å². The first-order chi connectivity index (χ1) is 13.4. The van der Waals surface area contributed by atoms with Crippen LogP contribution in [0, 0.1) is 0 Å². The Morgan fingerprint density at radius 2 is 1.86 bits per heavy atom. The molecule has 1 saturated heterocycles. The molecule has 1 heterocycles. The van der Waals surface area contributed by atoms with E-state index in [1.54, 1.807) is 7.11 Å². The van der Waals surface area contributed by atoms with Crippen LogP contribution in [0.1, 0.15) is 32.3 Å². The first-order valence-corrected chi connectivity index (χ1v) is 9.57. The molecule has 1 spiro atoms. The first kappa shape index (κ1) is 19.0. The summed E-state index contributed by atoms with van der Waals surface area (Å²) < 4.78 is 22.9. The summed E-state index contributed by atoms with van der Waals surface area (Å²) in [5.41, 5.74) is 2.80. The Labute approximate surface area is 165 Å². The molecular weight excluding hydrogens is 356 g/mol. The molecular formula is C23H26O5. The Morgan fingerprint density at radius 3 is 2.46 bits per heavy atom. The smallest absolute Gasteiger partial charge is 0.227 e. The Kier molecular flexibility index (Phi) is 4.68. The van der Waals surface area contributed by atoms with Gasteiger partial charge in [-0.2, -0.15) is 0 Å². The molecule has 4 rings (SSSR count). The highest BCUT2D eigenvalue weighted by Gasteiger charge is 2.61. The fourth-order valence-electron chi connectivity index (χ4n) is 4.21. The molecule has 0 bridgehead atoms. The second-order valence-electron chi connectivity index (χ2n) is 7.91. The number of methoxy groups -OCH3 is 2. The topological polar surface area (TPSA) is 57.3 Å². The molecule has 148 valence electrons. The van der Waals surface area contributed by atoms with E-state index in [2.05, 4.69) is 6.08 Å². The number of allylic oxidation sites excluding steroid dienone is 1. The second kappa shape index (κ2) is 6.90. The zero-order valence-corrected chi connectivity index (χ0v) is 16.8. The van der Waals surface area contributed by atoms with Crippen molar-refractivity contribution in [3.8, 4) is 0 Å². The van der Waals surface area contributed by atoms with Gasteiger partial charge in [-0.3, -0.25) is 4.79 Å². The predicted octanol–water partition coefficient (Wildman–Crippen LogP) is 3.85. The lowest BCUT2D eigenvalue weighted by atomic mass is 9.83. The zero-order chi connectivity index (χ0) is 19.9. The van der Waals surface area contributed by atoms with Gasteiger partial charge in [0.05, 0.1) is 33.0 Å². The summed E-state index contributed by atoms with van der Waals surface area (Å²) in [6.45, 7) is 5.11. The summed E-state index contributed by atoms with van der Waals surface area (Å²) in [7, 11) is 3.06. The molecule has 1 aromatic rings. The maximum atomic E-state index is 12.9. The van der Waals surface area contributed by atoms with Gasteiger partial charge in [-0.15, -0.1) is 0 Å². The number of rotatable bonds is 6. The van der Waals surface area contributed by atoms with Crippen LogP contribution >= 0.6 is 0 Å². The van der Waals surface area contributed by atoms with Crippen LogP contribution in [-0.4, -0.2) is 37.8 Å². The molecule has 0 aromatic heterocycles. The van der Waals surface area contributed by atoms with Gasteiger partial charge < -0.3 is 18.9 Å². The molecule has 1 fully saturated rings.